The summed E-state index contributed by atoms with van der Waals surface area (Å²) in [4.78, 5) is 4.50. The van der Waals surface area contributed by atoms with Crippen molar-refractivity contribution in [3.05, 3.63) is 78.4 Å². The van der Waals surface area contributed by atoms with Crippen LogP contribution in [0.3, 0.4) is 0 Å². The molecular formula is C31H40N2O6. The van der Waals surface area contributed by atoms with Gasteiger partial charge in [-0.1, -0.05) is 48.6 Å². The van der Waals surface area contributed by atoms with E-state index in [4.69, 9.17) is 18.9 Å². The number of rotatable bonds is 14. The Labute approximate surface area is 230 Å². The Balaban J connectivity index is 1.34. The Hall–Kier alpha value is -3.01. The average Bonchev–Trinajstić information content (AvgIpc) is 3.46. The molecule has 2 N–H and O–H groups in total. The summed E-state index contributed by atoms with van der Waals surface area (Å²) in [7, 11) is 0. The van der Waals surface area contributed by atoms with Gasteiger partial charge in [0.1, 0.15) is 30.4 Å². The zero-order chi connectivity index (χ0) is 27.5. The summed E-state index contributed by atoms with van der Waals surface area (Å²) in [6, 6.07) is 15.8. The van der Waals surface area contributed by atoms with Gasteiger partial charge >= 0.3 is 0 Å². The lowest BCUT2D eigenvalue weighted by Gasteiger charge is -2.27. The Kier molecular flexibility index (Phi) is 11.1. The summed E-state index contributed by atoms with van der Waals surface area (Å²) < 4.78 is 24.6. The maximum Gasteiger partial charge on any atom is 0.158 e. The van der Waals surface area contributed by atoms with Gasteiger partial charge in [-0.3, -0.25) is 0 Å². The fourth-order valence-electron chi connectivity index (χ4n) is 4.52. The van der Waals surface area contributed by atoms with Gasteiger partial charge in [0.2, 0.25) is 0 Å². The minimum Gasteiger partial charge on any atom is -0.491 e. The van der Waals surface area contributed by atoms with Gasteiger partial charge in [-0.05, 0) is 61.9 Å². The number of aliphatic hydroxyl groups excluding tert-OH is 2. The maximum atomic E-state index is 10.1. The third-order valence-electron chi connectivity index (χ3n) is 6.67. The Morgan fingerprint density at radius 1 is 1.08 bits per heavy atom. The molecule has 210 valence electrons. The van der Waals surface area contributed by atoms with Crippen LogP contribution in [0, 0.1) is 0 Å². The number of aliphatic hydroxyl groups is 2. The van der Waals surface area contributed by atoms with E-state index in [-0.39, 0.29) is 38.3 Å². The van der Waals surface area contributed by atoms with E-state index in [1.54, 1.807) is 6.20 Å². The van der Waals surface area contributed by atoms with Gasteiger partial charge < -0.3 is 33.7 Å². The monoisotopic (exact) mass is 536 g/mol. The number of hydrogen-bond donors (Lipinski definition) is 2. The van der Waals surface area contributed by atoms with Gasteiger partial charge in [0.25, 0.3) is 0 Å². The van der Waals surface area contributed by atoms with E-state index in [1.165, 1.54) is 0 Å². The molecule has 3 aromatic rings. The molecule has 8 heteroatoms. The summed E-state index contributed by atoms with van der Waals surface area (Å²) in [5.74, 6) is 1.47. The van der Waals surface area contributed by atoms with Crippen LogP contribution in [0.25, 0.3) is 17.2 Å². The number of benzene rings is 2. The van der Waals surface area contributed by atoms with Crippen molar-refractivity contribution in [1.29, 1.82) is 0 Å². The van der Waals surface area contributed by atoms with Crippen molar-refractivity contribution in [3.8, 4) is 16.9 Å². The lowest BCUT2D eigenvalue weighted by atomic mass is 10.0. The molecule has 1 aliphatic heterocycles. The standard InChI is InChI=1S/C31H40N2O6/c1-3-36-21-28(35)22-38-29-15-12-26(13-16-29)25-10-7-24(8-11-25)9-14-27(20-34)33-18-17-32-31(33)23(2)39-30-6-4-5-19-37-30/h7-18,23,27-28,30,34-35H,3-6,19-22H2,1-2H3/b14-9+/t23-,27-,28?,30?/m0/s1. The molecule has 2 unspecified atom stereocenters. The Morgan fingerprint density at radius 2 is 1.82 bits per heavy atom. The SMILES string of the molecule is CCOCC(O)COc1ccc(-c2ccc(/C=C/[C@@H](CO)n3ccnc3[C@H](C)OC3CCCCO3)cc2)cc1. The second-order valence-electron chi connectivity index (χ2n) is 9.65. The molecule has 2 heterocycles. The molecule has 0 aliphatic carbocycles. The zero-order valence-corrected chi connectivity index (χ0v) is 22.8. The van der Waals surface area contributed by atoms with Crippen molar-refractivity contribution in [2.45, 2.75) is 57.6 Å². The third-order valence-corrected chi connectivity index (χ3v) is 6.67. The van der Waals surface area contributed by atoms with Crippen LogP contribution in [-0.2, 0) is 14.2 Å². The van der Waals surface area contributed by atoms with E-state index >= 15 is 0 Å². The topological polar surface area (TPSA) is 95.2 Å². The summed E-state index contributed by atoms with van der Waals surface area (Å²) in [5, 5.41) is 20.0. The fraction of sp³-hybridized carbons (Fsp3) is 0.452. The summed E-state index contributed by atoms with van der Waals surface area (Å²) in [6.07, 6.45) is 9.57. The smallest absolute Gasteiger partial charge is 0.158 e. The van der Waals surface area contributed by atoms with E-state index in [2.05, 4.69) is 29.2 Å². The van der Waals surface area contributed by atoms with E-state index in [9.17, 15) is 10.2 Å². The first kappa shape index (κ1) is 29.0. The molecule has 4 rings (SSSR count). The van der Waals surface area contributed by atoms with Crippen LogP contribution in [0.1, 0.15) is 56.6 Å². The van der Waals surface area contributed by atoms with Gasteiger partial charge in [0, 0.05) is 25.6 Å². The molecule has 0 bridgehead atoms. The lowest BCUT2D eigenvalue weighted by molar-refractivity contribution is -0.188. The molecule has 2 aromatic carbocycles. The van der Waals surface area contributed by atoms with E-state index < -0.39 is 6.10 Å². The molecule has 0 spiro atoms. The molecule has 1 saturated heterocycles. The van der Waals surface area contributed by atoms with Crippen LogP contribution in [-0.4, -0.2) is 65.2 Å². The minimum atomic E-state index is -0.649. The highest BCUT2D eigenvalue weighted by molar-refractivity contribution is 5.66. The molecule has 1 fully saturated rings. The fourth-order valence-corrected chi connectivity index (χ4v) is 4.52. The predicted molar refractivity (Wildman–Crippen MR) is 150 cm³/mol. The molecule has 4 atom stereocenters. The molecule has 0 amide bonds. The van der Waals surface area contributed by atoms with Crippen LogP contribution >= 0.6 is 0 Å². The number of aromatic nitrogens is 2. The van der Waals surface area contributed by atoms with Crippen LogP contribution in [0.15, 0.2) is 67.0 Å². The van der Waals surface area contributed by atoms with Gasteiger partial charge in [-0.25, -0.2) is 4.98 Å². The molecule has 39 heavy (non-hydrogen) atoms. The van der Waals surface area contributed by atoms with Crippen molar-refractivity contribution in [2.75, 3.05) is 33.0 Å². The van der Waals surface area contributed by atoms with Gasteiger partial charge in [0.05, 0.1) is 19.3 Å². The molecule has 0 saturated carbocycles. The number of ether oxygens (including phenoxy) is 4. The first-order chi connectivity index (χ1) is 19.1. The third kappa shape index (κ3) is 8.49. The van der Waals surface area contributed by atoms with Crippen molar-refractivity contribution >= 4 is 6.08 Å². The maximum absolute atomic E-state index is 10.1. The predicted octanol–water partition coefficient (Wildman–Crippen LogP) is 5.18. The minimum absolute atomic E-state index is 0.0539. The Morgan fingerprint density at radius 3 is 2.49 bits per heavy atom. The summed E-state index contributed by atoms with van der Waals surface area (Å²) in [5.41, 5.74) is 3.18. The highest BCUT2D eigenvalue weighted by Crippen LogP contribution is 2.26. The summed E-state index contributed by atoms with van der Waals surface area (Å²) >= 11 is 0. The quantitative estimate of drug-likeness (QED) is 0.293. The first-order valence-electron chi connectivity index (χ1n) is 13.7. The van der Waals surface area contributed by atoms with E-state index in [0.29, 0.717) is 12.4 Å². The largest absolute Gasteiger partial charge is 0.491 e. The zero-order valence-electron chi connectivity index (χ0n) is 22.8. The average molecular weight is 537 g/mol. The second kappa shape index (κ2) is 15.0. The molecule has 1 aliphatic rings. The number of nitrogens with zero attached hydrogens (tertiary/aromatic N) is 2. The lowest BCUT2D eigenvalue weighted by Crippen LogP contribution is -2.25. The van der Waals surface area contributed by atoms with E-state index in [0.717, 1.165) is 48.4 Å². The number of imidazole rings is 1. The van der Waals surface area contributed by atoms with Crippen molar-refractivity contribution in [1.82, 2.24) is 9.55 Å². The van der Waals surface area contributed by atoms with Crippen LogP contribution in [0.2, 0.25) is 0 Å². The van der Waals surface area contributed by atoms with Crippen molar-refractivity contribution in [3.63, 3.8) is 0 Å². The molecule has 8 nitrogen and oxygen atoms in total. The molecule has 1 aromatic heterocycles. The van der Waals surface area contributed by atoms with Crippen LogP contribution in [0.4, 0.5) is 0 Å². The van der Waals surface area contributed by atoms with Crippen LogP contribution < -0.4 is 4.74 Å². The molecule has 0 radical (unpaired) electrons. The highest BCUT2D eigenvalue weighted by Gasteiger charge is 2.22. The highest BCUT2D eigenvalue weighted by atomic mass is 16.7. The second-order valence-corrected chi connectivity index (χ2v) is 9.65. The summed E-state index contributed by atoms with van der Waals surface area (Å²) in [6.45, 7) is 5.56. The molecular weight excluding hydrogens is 496 g/mol. The number of hydrogen-bond acceptors (Lipinski definition) is 7. The van der Waals surface area contributed by atoms with E-state index in [1.807, 2.05) is 61.0 Å². The first-order valence-corrected chi connectivity index (χ1v) is 13.7. The normalized spacial score (nSPS) is 18.2. The van der Waals surface area contributed by atoms with Gasteiger partial charge in [-0.15, -0.1) is 0 Å². The van der Waals surface area contributed by atoms with Crippen molar-refractivity contribution in [2.24, 2.45) is 0 Å². The van der Waals surface area contributed by atoms with Crippen LogP contribution in [0.5, 0.6) is 5.75 Å². The van der Waals surface area contributed by atoms with Gasteiger partial charge in [0.15, 0.2) is 6.29 Å². The van der Waals surface area contributed by atoms with Gasteiger partial charge in [-0.2, -0.15) is 0 Å². The van der Waals surface area contributed by atoms with Crippen molar-refractivity contribution < 1.29 is 29.2 Å². The Bertz CT molecular complexity index is 1140.